The normalized spacial score (nSPS) is 14.5. The molecule has 1 aromatic rings. The fraction of sp³-hybridized carbons (Fsp3) is 0.500. The number of nitrogens with two attached hydrogens (primary N) is 1. The summed E-state index contributed by atoms with van der Waals surface area (Å²) in [6, 6.07) is 5.65. The molecule has 0 aliphatic rings. The number of benzene rings is 1. The zero-order valence-electron chi connectivity index (χ0n) is 10.0. The van der Waals surface area contributed by atoms with Crippen LogP contribution in [-0.2, 0) is 10.8 Å². The lowest BCUT2D eigenvalue weighted by Gasteiger charge is -2.15. The first-order valence-corrected chi connectivity index (χ1v) is 6.82. The van der Waals surface area contributed by atoms with Crippen molar-refractivity contribution >= 4 is 10.8 Å². The topological polar surface area (TPSA) is 52.3 Å². The van der Waals surface area contributed by atoms with Gasteiger partial charge in [-0.1, -0.05) is 24.6 Å². The van der Waals surface area contributed by atoms with Gasteiger partial charge in [-0.05, 0) is 13.0 Å². The van der Waals surface area contributed by atoms with Crippen LogP contribution in [0.5, 0.6) is 5.75 Å². The van der Waals surface area contributed by atoms with E-state index in [0.29, 0.717) is 11.5 Å². The maximum Gasteiger partial charge on any atom is 0.123 e. The van der Waals surface area contributed by atoms with Crippen LogP contribution in [0.4, 0.5) is 0 Å². The first kappa shape index (κ1) is 13.2. The molecule has 0 aliphatic carbocycles. The van der Waals surface area contributed by atoms with Gasteiger partial charge < -0.3 is 10.5 Å². The number of ether oxygens (including phenoxy) is 1. The minimum Gasteiger partial charge on any atom is -0.496 e. The molecule has 2 N–H and O–H groups in total. The van der Waals surface area contributed by atoms with Crippen LogP contribution < -0.4 is 10.5 Å². The first-order valence-electron chi connectivity index (χ1n) is 5.33. The molecule has 0 amide bonds. The van der Waals surface area contributed by atoms with Crippen LogP contribution in [0.2, 0.25) is 0 Å². The Morgan fingerprint density at radius 3 is 2.75 bits per heavy atom. The summed E-state index contributed by atoms with van der Waals surface area (Å²) < 4.78 is 16.7. The largest absolute Gasteiger partial charge is 0.496 e. The fourth-order valence-electron chi connectivity index (χ4n) is 1.55. The third kappa shape index (κ3) is 3.32. The zero-order valence-corrected chi connectivity index (χ0v) is 10.8. The van der Waals surface area contributed by atoms with Gasteiger partial charge in [0.1, 0.15) is 5.75 Å². The SMILES string of the molecule is CCS(=O)CC(N)c1cc(C)ccc1OC. The standard InChI is InChI=1S/C12H19NO2S/c1-4-16(14)8-11(13)10-7-9(2)5-6-12(10)15-3/h5-7,11H,4,8,13H2,1-3H3. The van der Waals surface area contributed by atoms with Crippen molar-refractivity contribution in [2.24, 2.45) is 5.73 Å². The molecule has 0 spiro atoms. The van der Waals surface area contributed by atoms with Gasteiger partial charge in [-0.3, -0.25) is 4.21 Å². The van der Waals surface area contributed by atoms with Crippen molar-refractivity contribution in [1.29, 1.82) is 0 Å². The van der Waals surface area contributed by atoms with Gasteiger partial charge in [0.2, 0.25) is 0 Å². The maximum atomic E-state index is 11.5. The minimum atomic E-state index is -0.855. The highest BCUT2D eigenvalue weighted by atomic mass is 32.2. The van der Waals surface area contributed by atoms with E-state index in [9.17, 15) is 4.21 Å². The first-order chi connectivity index (χ1) is 7.58. The third-order valence-corrected chi connectivity index (χ3v) is 3.85. The Labute approximate surface area is 99.4 Å². The Kier molecular flexibility index (Phi) is 4.96. The Morgan fingerprint density at radius 1 is 1.50 bits per heavy atom. The van der Waals surface area contributed by atoms with Crippen LogP contribution in [0.1, 0.15) is 24.1 Å². The summed E-state index contributed by atoms with van der Waals surface area (Å²) >= 11 is 0. The highest BCUT2D eigenvalue weighted by molar-refractivity contribution is 7.84. The summed E-state index contributed by atoms with van der Waals surface area (Å²) in [6.07, 6.45) is 0. The number of hydrogen-bond donors (Lipinski definition) is 1. The summed E-state index contributed by atoms with van der Waals surface area (Å²) in [6.45, 7) is 3.91. The monoisotopic (exact) mass is 241 g/mol. The second-order valence-electron chi connectivity index (χ2n) is 3.75. The van der Waals surface area contributed by atoms with E-state index in [1.807, 2.05) is 32.0 Å². The van der Waals surface area contributed by atoms with E-state index in [1.54, 1.807) is 7.11 Å². The van der Waals surface area contributed by atoms with Gasteiger partial charge in [-0.25, -0.2) is 0 Å². The summed E-state index contributed by atoms with van der Waals surface area (Å²) in [7, 11) is 0.768. The van der Waals surface area contributed by atoms with Crippen molar-refractivity contribution in [3.63, 3.8) is 0 Å². The highest BCUT2D eigenvalue weighted by Crippen LogP contribution is 2.25. The summed E-state index contributed by atoms with van der Waals surface area (Å²) in [5.41, 5.74) is 8.11. The van der Waals surface area contributed by atoms with Crippen molar-refractivity contribution in [3.8, 4) is 5.75 Å². The van der Waals surface area contributed by atoms with Gasteiger partial charge in [0.15, 0.2) is 0 Å². The molecule has 2 unspecified atom stereocenters. The zero-order chi connectivity index (χ0) is 12.1. The Balaban J connectivity index is 2.92. The number of aryl methyl sites for hydroxylation is 1. The van der Waals surface area contributed by atoms with Crippen LogP contribution in [0, 0.1) is 6.92 Å². The third-order valence-electron chi connectivity index (χ3n) is 2.47. The Hall–Kier alpha value is -0.870. The van der Waals surface area contributed by atoms with Crippen LogP contribution in [-0.4, -0.2) is 22.8 Å². The molecule has 1 rings (SSSR count). The fourth-order valence-corrected chi connectivity index (χ4v) is 2.37. The predicted octanol–water partition coefficient (Wildman–Crippen LogP) is 1.77. The highest BCUT2D eigenvalue weighted by Gasteiger charge is 2.14. The molecule has 0 radical (unpaired) electrons. The molecule has 0 saturated heterocycles. The molecule has 4 heteroatoms. The van der Waals surface area contributed by atoms with Crippen LogP contribution in [0.3, 0.4) is 0 Å². The van der Waals surface area contributed by atoms with E-state index in [2.05, 4.69) is 0 Å². The second kappa shape index (κ2) is 6.01. The molecule has 90 valence electrons. The van der Waals surface area contributed by atoms with E-state index in [-0.39, 0.29) is 6.04 Å². The van der Waals surface area contributed by atoms with Crippen molar-refractivity contribution in [2.75, 3.05) is 18.6 Å². The van der Waals surface area contributed by atoms with Crippen molar-refractivity contribution in [2.45, 2.75) is 19.9 Å². The van der Waals surface area contributed by atoms with Gasteiger partial charge in [0.05, 0.1) is 7.11 Å². The van der Waals surface area contributed by atoms with Gasteiger partial charge in [-0.2, -0.15) is 0 Å². The average Bonchev–Trinajstić information content (AvgIpc) is 2.28. The molecule has 0 aliphatic heterocycles. The van der Waals surface area contributed by atoms with E-state index in [1.165, 1.54) is 0 Å². The molecule has 3 nitrogen and oxygen atoms in total. The van der Waals surface area contributed by atoms with Gasteiger partial charge >= 0.3 is 0 Å². The maximum absolute atomic E-state index is 11.5. The van der Waals surface area contributed by atoms with Gasteiger partial charge in [0.25, 0.3) is 0 Å². The molecule has 16 heavy (non-hydrogen) atoms. The van der Waals surface area contributed by atoms with Crippen LogP contribution in [0.15, 0.2) is 18.2 Å². The molecule has 0 heterocycles. The average molecular weight is 241 g/mol. The molecule has 0 fully saturated rings. The van der Waals surface area contributed by atoms with Crippen molar-refractivity contribution in [1.82, 2.24) is 0 Å². The summed E-state index contributed by atoms with van der Waals surface area (Å²) in [4.78, 5) is 0. The van der Waals surface area contributed by atoms with Crippen LogP contribution in [0.25, 0.3) is 0 Å². The Bertz CT molecular complexity index is 379. The second-order valence-corrected chi connectivity index (χ2v) is 5.54. The quantitative estimate of drug-likeness (QED) is 0.855. The molecular weight excluding hydrogens is 222 g/mol. The lowest BCUT2D eigenvalue weighted by molar-refractivity contribution is 0.407. The van der Waals surface area contributed by atoms with Gasteiger partial charge in [0, 0.05) is 33.9 Å². The molecule has 0 saturated carbocycles. The minimum absolute atomic E-state index is 0.226. The lowest BCUT2D eigenvalue weighted by atomic mass is 10.1. The molecule has 2 atom stereocenters. The number of hydrogen-bond acceptors (Lipinski definition) is 3. The Morgan fingerprint density at radius 2 is 2.19 bits per heavy atom. The van der Waals surface area contributed by atoms with E-state index >= 15 is 0 Å². The smallest absolute Gasteiger partial charge is 0.123 e. The lowest BCUT2D eigenvalue weighted by Crippen LogP contribution is -2.20. The number of rotatable bonds is 5. The molecule has 1 aromatic carbocycles. The molecular formula is C12H19NO2S. The van der Waals surface area contributed by atoms with E-state index in [4.69, 9.17) is 10.5 Å². The summed E-state index contributed by atoms with van der Waals surface area (Å²) in [5.74, 6) is 1.89. The van der Waals surface area contributed by atoms with Crippen LogP contribution >= 0.6 is 0 Å². The van der Waals surface area contributed by atoms with E-state index in [0.717, 1.165) is 16.9 Å². The predicted molar refractivity (Wildman–Crippen MR) is 68.2 cm³/mol. The van der Waals surface area contributed by atoms with E-state index < -0.39 is 10.8 Å². The number of methoxy groups -OCH3 is 1. The molecule has 0 aromatic heterocycles. The molecule has 0 bridgehead atoms. The van der Waals surface area contributed by atoms with Gasteiger partial charge in [-0.15, -0.1) is 0 Å². The van der Waals surface area contributed by atoms with Crippen molar-refractivity contribution in [3.05, 3.63) is 29.3 Å². The summed E-state index contributed by atoms with van der Waals surface area (Å²) in [5, 5.41) is 0. The van der Waals surface area contributed by atoms with Crippen molar-refractivity contribution < 1.29 is 8.95 Å².